The molecule has 6 nitrogen and oxygen atoms in total. The summed E-state index contributed by atoms with van der Waals surface area (Å²) in [6.07, 6.45) is -4.50. The van der Waals surface area contributed by atoms with Crippen LogP contribution in [0.15, 0.2) is 66.7 Å². The van der Waals surface area contributed by atoms with Gasteiger partial charge >= 0.3 is 12.1 Å². The first-order valence-electron chi connectivity index (χ1n) is 9.51. The van der Waals surface area contributed by atoms with Crippen LogP contribution in [0.1, 0.15) is 15.9 Å². The number of benzene rings is 3. The van der Waals surface area contributed by atoms with E-state index in [4.69, 9.17) is 21.1 Å². The molecule has 2 N–H and O–H groups in total. The number of amides is 1. The molecule has 10 heteroatoms. The Bertz CT molecular complexity index is 1170. The molecule has 0 aliphatic carbocycles. The molecule has 0 saturated heterocycles. The number of esters is 1. The summed E-state index contributed by atoms with van der Waals surface area (Å²) in [5.41, 5.74) is -0.129. The van der Waals surface area contributed by atoms with Gasteiger partial charge in [0, 0.05) is 10.7 Å². The van der Waals surface area contributed by atoms with E-state index in [0.717, 1.165) is 12.1 Å². The Labute approximate surface area is 192 Å². The van der Waals surface area contributed by atoms with E-state index < -0.39 is 30.2 Å². The number of carbonyl (C=O) groups excluding carboxylic acids is 2. The van der Waals surface area contributed by atoms with Crippen molar-refractivity contribution in [1.82, 2.24) is 0 Å². The van der Waals surface area contributed by atoms with Gasteiger partial charge in [-0.3, -0.25) is 4.79 Å². The van der Waals surface area contributed by atoms with Crippen LogP contribution in [0.3, 0.4) is 0 Å². The van der Waals surface area contributed by atoms with Crippen LogP contribution in [0.25, 0.3) is 0 Å². The molecule has 0 saturated carbocycles. The van der Waals surface area contributed by atoms with Crippen LogP contribution in [0.5, 0.6) is 5.75 Å². The number of carbonyl (C=O) groups is 2. The molecule has 0 aliphatic heterocycles. The van der Waals surface area contributed by atoms with Crippen molar-refractivity contribution in [2.75, 3.05) is 24.4 Å². The molecule has 0 bridgehead atoms. The highest BCUT2D eigenvalue weighted by Crippen LogP contribution is 2.32. The summed E-state index contributed by atoms with van der Waals surface area (Å²) >= 11 is 5.92. The number of alkyl halides is 3. The molecule has 33 heavy (non-hydrogen) atoms. The second kappa shape index (κ2) is 10.3. The van der Waals surface area contributed by atoms with Gasteiger partial charge in [-0.25, -0.2) is 4.79 Å². The Morgan fingerprint density at radius 1 is 0.970 bits per heavy atom. The smallest absolute Gasteiger partial charge is 0.416 e. The lowest BCUT2D eigenvalue weighted by atomic mass is 10.1. The van der Waals surface area contributed by atoms with E-state index in [1.165, 1.54) is 37.4 Å². The molecule has 0 radical (unpaired) electrons. The van der Waals surface area contributed by atoms with Crippen LogP contribution < -0.4 is 15.4 Å². The second-order valence-electron chi connectivity index (χ2n) is 6.72. The van der Waals surface area contributed by atoms with Crippen LogP contribution in [0.4, 0.5) is 30.2 Å². The molecule has 0 aromatic heterocycles. The number of methoxy groups -OCH3 is 1. The van der Waals surface area contributed by atoms with E-state index in [1.807, 2.05) is 0 Å². The summed E-state index contributed by atoms with van der Waals surface area (Å²) in [5.74, 6) is -1.10. The molecule has 3 rings (SSSR count). The molecule has 0 spiro atoms. The summed E-state index contributed by atoms with van der Waals surface area (Å²) in [6.45, 7) is -0.605. The maximum absolute atomic E-state index is 13.0. The number of rotatable bonds is 7. The second-order valence-corrected chi connectivity index (χ2v) is 7.15. The van der Waals surface area contributed by atoms with Crippen molar-refractivity contribution in [2.24, 2.45) is 0 Å². The van der Waals surface area contributed by atoms with Crippen molar-refractivity contribution >= 4 is 40.5 Å². The quantitative estimate of drug-likeness (QED) is 0.413. The SMILES string of the molecule is COc1ccc(Cl)cc1NC(=O)COC(=O)c1ccccc1Nc1cccc(C(F)(F)F)c1. The van der Waals surface area contributed by atoms with E-state index in [-0.39, 0.29) is 16.9 Å². The van der Waals surface area contributed by atoms with E-state index >= 15 is 0 Å². The summed E-state index contributed by atoms with van der Waals surface area (Å²) in [4.78, 5) is 24.8. The summed E-state index contributed by atoms with van der Waals surface area (Å²) in [7, 11) is 1.42. The third-order valence-corrected chi connectivity index (χ3v) is 4.62. The Kier molecular flexibility index (Phi) is 7.44. The molecule has 0 unspecified atom stereocenters. The fraction of sp³-hybridized carbons (Fsp3) is 0.130. The molecule has 0 fully saturated rings. The Balaban J connectivity index is 1.68. The summed E-state index contributed by atoms with van der Waals surface area (Å²) < 4.78 is 49.1. The first-order chi connectivity index (χ1) is 15.7. The fourth-order valence-corrected chi connectivity index (χ4v) is 3.04. The third kappa shape index (κ3) is 6.39. The van der Waals surface area contributed by atoms with Gasteiger partial charge in [-0.1, -0.05) is 29.8 Å². The van der Waals surface area contributed by atoms with Gasteiger partial charge in [0.05, 0.1) is 29.6 Å². The molecule has 3 aromatic carbocycles. The van der Waals surface area contributed by atoms with Crippen LogP contribution in [0.2, 0.25) is 5.02 Å². The van der Waals surface area contributed by atoms with Crippen molar-refractivity contribution in [1.29, 1.82) is 0 Å². The molecule has 1 amide bonds. The number of hydrogen-bond donors (Lipinski definition) is 2. The number of hydrogen-bond acceptors (Lipinski definition) is 5. The molecular formula is C23H18ClF3N2O4. The predicted octanol–water partition coefficient (Wildman–Crippen LogP) is 5.91. The van der Waals surface area contributed by atoms with Gasteiger partial charge in [-0.15, -0.1) is 0 Å². The van der Waals surface area contributed by atoms with Crippen molar-refractivity contribution in [3.05, 3.63) is 82.9 Å². The molecule has 0 heterocycles. The number of anilines is 3. The lowest BCUT2D eigenvalue weighted by Gasteiger charge is -2.14. The van der Waals surface area contributed by atoms with E-state index in [2.05, 4.69) is 10.6 Å². The molecule has 172 valence electrons. The number of halogens is 4. The molecule has 3 aromatic rings. The van der Waals surface area contributed by atoms with Crippen molar-refractivity contribution in [3.63, 3.8) is 0 Å². The third-order valence-electron chi connectivity index (χ3n) is 4.39. The first-order valence-corrected chi connectivity index (χ1v) is 9.89. The van der Waals surface area contributed by atoms with Gasteiger partial charge in [0.1, 0.15) is 5.75 Å². The summed E-state index contributed by atoms with van der Waals surface area (Å²) in [6, 6.07) is 15.3. The highest BCUT2D eigenvalue weighted by Gasteiger charge is 2.30. The van der Waals surface area contributed by atoms with E-state index in [0.29, 0.717) is 16.5 Å². The zero-order chi connectivity index (χ0) is 24.0. The largest absolute Gasteiger partial charge is 0.495 e. The van der Waals surface area contributed by atoms with Crippen molar-refractivity contribution in [3.8, 4) is 5.75 Å². The van der Waals surface area contributed by atoms with Crippen molar-refractivity contribution < 1.29 is 32.2 Å². The fourth-order valence-electron chi connectivity index (χ4n) is 2.87. The van der Waals surface area contributed by atoms with Gasteiger partial charge in [0.25, 0.3) is 5.91 Å². The molecular weight excluding hydrogens is 461 g/mol. The highest BCUT2D eigenvalue weighted by molar-refractivity contribution is 6.31. The average molecular weight is 479 g/mol. The van der Waals surface area contributed by atoms with E-state index in [1.54, 1.807) is 24.3 Å². The Morgan fingerprint density at radius 3 is 2.45 bits per heavy atom. The van der Waals surface area contributed by atoms with Crippen molar-refractivity contribution in [2.45, 2.75) is 6.18 Å². The maximum atomic E-state index is 13.0. The normalized spacial score (nSPS) is 10.9. The number of ether oxygens (including phenoxy) is 2. The van der Waals surface area contributed by atoms with Gasteiger partial charge in [-0.2, -0.15) is 13.2 Å². The monoisotopic (exact) mass is 478 g/mol. The Hall–Kier alpha value is -3.72. The van der Waals surface area contributed by atoms with Gasteiger partial charge in [0.2, 0.25) is 0 Å². The van der Waals surface area contributed by atoms with Crippen LogP contribution in [-0.2, 0) is 15.7 Å². The minimum atomic E-state index is -4.50. The lowest BCUT2D eigenvalue weighted by Crippen LogP contribution is -2.21. The standard InChI is InChI=1S/C23H18ClF3N2O4/c1-32-20-10-9-15(24)12-19(20)29-21(30)13-33-22(31)17-7-2-3-8-18(17)28-16-6-4-5-14(11-16)23(25,26)27/h2-12,28H,13H2,1H3,(H,29,30). The number of para-hydroxylation sites is 1. The zero-order valence-electron chi connectivity index (χ0n) is 17.2. The topological polar surface area (TPSA) is 76.7 Å². The zero-order valence-corrected chi connectivity index (χ0v) is 18.0. The minimum Gasteiger partial charge on any atom is -0.495 e. The predicted molar refractivity (Wildman–Crippen MR) is 118 cm³/mol. The molecule has 0 atom stereocenters. The highest BCUT2D eigenvalue weighted by atomic mass is 35.5. The van der Waals surface area contributed by atoms with E-state index in [9.17, 15) is 22.8 Å². The molecule has 0 aliphatic rings. The first kappa shape index (κ1) is 23.9. The van der Waals surface area contributed by atoms with Crippen LogP contribution in [-0.4, -0.2) is 25.6 Å². The average Bonchev–Trinajstić information content (AvgIpc) is 2.78. The van der Waals surface area contributed by atoms with Gasteiger partial charge in [-0.05, 0) is 48.5 Å². The Morgan fingerprint density at radius 2 is 1.73 bits per heavy atom. The van der Waals surface area contributed by atoms with Gasteiger partial charge < -0.3 is 20.1 Å². The number of nitrogens with one attached hydrogen (secondary N) is 2. The lowest BCUT2D eigenvalue weighted by molar-refractivity contribution is -0.137. The van der Waals surface area contributed by atoms with Crippen LogP contribution >= 0.6 is 11.6 Å². The van der Waals surface area contributed by atoms with Crippen LogP contribution in [0, 0.1) is 0 Å². The maximum Gasteiger partial charge on any atom is 0.416 e. The summed E-state index contributed by atoms with van der Waals surface area (Å²) in [5, 5.41) is 5.69. The van der Waals surface area contributed by atoms with Gasteiger partial charge in [0.15, 0.2) is 6.61 Å². The minimum absolute atomic E-state index is 0.0445.